The van der Waals surface area contributed by atoms with E-state index in [1.54, 1.807) is 6.92 Å². The molecule has 0 N–H and O–H groups in total. The molecule has 0 saturated carbocycles. The van der Waals surface area contributed by atoms with Gasteiger partial charge in [0.05, 0.1) is 6.10 Å². The van der Waals surface area contributed by atoms with Crippen molar-refractivity contribution in [3.8, 4) is 0 Å². The number of esters is 1. The number of hydrogen-bond acceptors (Lipinski definition) is 3. The maximum absolute atomic E-state index is 11.1. The summed E-state index contributed by atoms with van der Waals surface area (Å²) in [4.78, 5) is 11.1. The molecule has 0 rings (SSSR count). The van der Waals surface area contributed by atoms with Gasteiger partial charge < -0.3 is 9.47 Å². The summed E-state index contributed by atoms with van der Waals surface area (Å²) in [6.45, 7) is 10.6. The van der Waals surface area contributed by atoms with Crippen molar-refractivity contribution < 1.29 is 14.3 Å². The molecule has 90 valence electrons. The average molecular weight is 216 g/mol. The summed E-state index contributed by atoms with van der Waals surface area (Å²) in [5.41, 5.74) is 0. The Morgan fingerprint density at radius 1 is 1.20 bits per heavy atom. The molecule has 2 atom stereocenters. The first-order chi connectivity index (χ1) is 7.02. The predicted octanol–water partition coefficient (Wildman–Crippen LogP) is 2.78. The van der Waals surface area contributed by atoms with E-state index in [9.17, 15) is 4.79 Å². The van der Waals surface area contributed by atoms with Crippen LogP contribution in [0.5, 0.6) is 0 Å². The highest BCUT2D eigenvalue weighted by molar-refractivity contribution is 5.69. The number of ether oxygens (including phenoxy) is 2. The lowest BCUT2D eigenvalue weighted by Gasteiger charge is -2.27. The van der Waals surface area contributed by atoms with Crippen molar-refractivity contribution in [2.75, 3.05) is 6.61 Å². The molecular weight excluding hydrogens is 192 g/mol. The third kappa shape index (κ3) is 5.78. The first-order valence-corrected chi connectivity index (χ1v) is 5.83. The molecule has 0 radical (unpaired) electrons. The fourth-order valence-electron chi connectivity index (χ4n) is 1.48. The van der Waals surface area contributed by atoms with Gasteiger partial charge in [0.15, 0.2) is 0 Å². The van der Waals surface area contributed by atoms with Gasteiger partial charge in [0.2, 0.25) is 0 Å². The van der Waals surface area contributed by atoms with Crippen LogP contribution in [0.15, 0.2) is 0 Å². The Bertz CT molecular complexity index is 178. The van der Waals surface area contributed by atoms with E-state index in [1.807, 2.05) is 6.92 Å². The lowest BCUT2D eigenvalue weighted by atomic mass is 10.0. The van der Waals surface area contributed by atoms with Gasteiger partial charge >= 0.3 is 5.97 Å². The fraction of sp³-hybridized carbons (Fsp3) is 0.917. The van der Waals surface area contributed by atoms with Gasteiger partial charge in [0.1, 0.15) is 6.10 Å². The molecule has 2 unspecified atom stereocenters. The van der Waals surface area contributed by atoms with Crippen LogP contribution in [0.2, 0.25) is 0 Å². The minimum Gasteiger partial charge on any atom is -0.460 e. The molecule has 0 bridgehead atoms. The third-order valence-corrected chi connectivity index (χ3v) is 2.24. The second kappa shape index (κ2) is 7.69. The maximum Gasteiger partial charge on any atom is 0.305 e. The molecule has 0 aromatic carbocycles. The first-order valence-electron chi connectivity index (χ1n) is 5.83. The van der Waals surface area contributed by atoms with Crippen LogP contribution >= 0.6 is 0 Å². The van der Waals surface area contributed by atoms with Gasteiger partial charge in [-0.2, -0.15) is 0 Å². The number of hydrogen-bond donors (Lipinski definition) is 0. The number of carbonyl (C=O) groups excluding carboxylic acids is 1. The Kier molecular flexibility index (Phi) is 7.39. The van der Waals surface area contributed by atoms with E-state index >= 15 is 0 Å². The zero-order chi connectivity index (χ0) is 11.8. The summed E-state index contributed by atoms with van der Waals surface area (Å²) in [6, 6.07) is 0. The van der Waals surface area contributed by atoms with Crippen molar-refractivity contribution in [3.05, 3.63) is 0 Å². The highest BCUT2D eigenvalue weighted by Crippen LogP contribution is 2.14. The van der Waals surface area contributed by atoms with Crippen molar-refractivity contribution >= 4 is 5.97 Å². The first kappa shape index (κ1) is 14.4. The summed E-state index contributed by atoms with van der Waals surface area (Å²) in [5.74, 6) is 0.199. The summed E-state index contributed by atoms with van der Waals surface area (Å²) in [5, 5.41) is 0. The highest BCUT2D eigenvalue weighted by Gasteiger charge is 2.24. The van der Waals surface area contributed by atoms with Crippen LogP contribution in [0, 0.1) is 5.92 Å². The van der Waals surface area contributed by atoms with Crippen LogP contribution in [-0.2, 0) is 14.3 Å². The van der Waals surface area contributed by atoms with Crippen LogP contribution in [0.25, 0.3) is 0 Å². The molecule has 0 aromatic rings. The summed E-state index contributed by atoms with van der Waals surface area (Å²) >= 11 is 0. The topological polar surface area (TPSA) is 35.5 Å². The van der Waals surface area contributed by atoms with Gasteiger partial charge in [-0.15, -0.1) is 0 Å². The van der Waals surface area contributed by atoms with Crippen molar-refractivity contribution in [2.24, 2.45) is 5.92 Å². The van der Waals surface area contributed by atoms with E-state index in [0.717, 1.165) is 13.0 Å². The van der Waals surface area contributed by atoms with Gasteiger partial charge in [-0.05, 0) is 19.3 Å². The largest absolute Gasteiger partial charge is 0.460 e. The van der Waals surface area contributed by atoms with Crippen LogP contribution in [0.4, 0.5) is 0 Å². The molecule has 0 aliphatic carbocycles. The fourth-order valence-corrected chi connectivity index (χ4v) is 1.48. The molecule has 3 nitrogen and oxygen atoms in total. The molecule has 0 amide bonds. The monoisotopic (exact) mass is 216 g/mol. The van der Waals surface area contributed by atoms with E-state index in [0.29, 0.717) is 12.3 Å². The Labute approximate surface area is 93.1 Å². The van der Waals surface area contributed by atoms with Gasteiger partial charge in [-0.25, -0.2) is 0 Å². The van der Waals surface area contributed by atoms with Crippen molar-refractivity contribution in [2.45, 2.75) is 59.7 Å². The van der Waals surface area contributed by atoms with Gasteiger partial charge in [-0.3, -0.25) is 4.79 Å². The number of rotatable bonds is 7. The Hall–Kier alpha value is -0.570. The molecule has 15 heavy (non-hydrogen) atoms. The smallest absolute Gasteiger partial charge is 0.305 e. The quantitative estimate of drug-likeness (QED) is 0.614. The summed E-state index contributed by atoms with van der Waals surface area (Å²) in [6.07, 6.45) is 1.24. The highest BCUT2D eigenvalue weighted by atomic mass is 16.6. The van der Waals surface area contributed by atoms with Gasteiger partial charge in [0.25, 0.3) is 0 Å². The van der Waals surface area contributed by atoms with Crippen LogP contribution in [-0.4, -0.2) is 24.8 Å². The van der Waals surface area contributed by atoms with Crippen molar-refractivity contribution in [1.82, 2.24) is 0 Å². The zero-order valence-corrected chi connectivity index (χ0v) is 10.6. The second-order valence-corrected chi connectivity index (χ2v) is 4.13. The number of carbonyl (C=O) groups is 1. The van der Waals surface area contributed by atoms with E-state index in [-0.39, 0.29) is 18.2 Å². The van der Waals surface area contributed by atoms with Crippen LogP contribution in [0.3, 0.4) is 0 Å². The lowest BCUT2D eigenvalue weighted by Crippen LogP contribution is -2.35. The van der Waals surface area contributed by atoms with Gasteiger partial charge in [0, 0.05) is 13.0 Å². The molecule has 0 fully saturated rings. The zero-order valence-electron chi connectivity index (χ0n) is 10.6. The molecule has 0 saturated heterocycles. The minimum absolute atomic E-state index is 0.000417. The second-order valence-electron chi connectivity index (χ2n) is 4.13. The van der Waals surface area contributed by atoms with Crippen molar-refractivity contribution in [3.63, 3.8) is 0 Å². The normalized spacial score (nSPS) is 15.1. The maximum atomic E-state index is 11.1. The Morgan fingerprint density at radius 3 is 2.20 bits per heavy atom. The van der Waals surface area contributed by atoms with Crippen LogP contribution in [0.1, 0.15) is 47.5 Å². The summed E-state index contributed by atoms with van der Waals surface area (Å²) < 4.78 is 10.9. The molecule has 3 heteroatoms. The molecule has 0 spiro atoms. The van der Waals surface area contributed by atoms with E-state index in [2.05, 4.69) is 20.8 Å². The Morgan fingerprint density at radius 2 is 1.80 bits per heavy atom. The molecular formula is C12H24O3. The molecule has 0 aromatic heterocycles. The molecule has 0 aliphatic heterocycles. The SMILES string of the molecule is CCCOC(C(C)C)C(C)OC(=O)CC. The molecule has 0 aliphatic rings. The standard InChI is InChI=1S/C12H24O3/c1-6-8-14-12(9(3)4)10(5)15-11(13)7-2/h9-10,12H,6-8H2,1-5H3. The van der Waals surface area contributed by atoms with Crippen molar-refractivity contribution in [1.29, 1.82) is 0 Å². The van der Waals surface area contributed by atoms with Crippen LogP contribution < -0.4 is 0 Å². The lowest BCUT2D eigenvalue weighted by molar-refractivity contribution is -0.158. The Balaban J connectivity index is 4.15. The summed E-state index contributed by atoms with van der Waals surface area (Å²) in [7, 11) is 0. The van der Waals surface area contributed by atoms with E-state index in [4.69, 9.17) is 9.47 Å². The average Bonchev–Trinajstić information content (AvgIpc) is 2.17. The third-order valence-electron chi connectivity index (χ3n) is 2.24. The van der Waals surface area contributed by atoms with E-state index in [1.165, 1.54) is 0 Å². The molecule has 0 heterocycles. The predicted molar refractivity (Wildman–Crippen MR) is 60.7 cm³/mol. The minimum atomic E-state index is -0.163. The van der Waals surface area contributed by atoms with E-state index < -0.39 is 0 Å². The van der Waals surface area contributed by atoms with Gasteiger partial charge in [-0.1, -0.05) is 27.7 Å².